The van der Waals surface area contributed by atoms with Gasteiger partial charge in [-0.05, 0) is 47.0 Å². The molecule has 0 unspecified atom stereocenters. The van der Waals surface area contributed by atoms with Gasteiger partial charge in [-0.15, -0.1) is 0 Å². The first kappa shape index (κ1) is 17.1. The van der Waals surface area contributed by atoms with Crippen LogP contribution in [-0.4, -0.2) is 15.4 Å². The fourth-order valence-electron chi connectivity index (χ4n) is 2.60. The molecule has 21 heavy (non-hydrogen) atoms. The zero-order valence-corrected chi connectivity index (χ0v) is 16.5. The standard InChI is InChI=1S/C18H21I2N/c1-2-15(7-5-11-19)16-10-14-21(13-6-12-20)18-9-4-3-8-17(16)18/h2-4,8-10,14H,1,5-7,11-13H2. The van der Waals surface area contributed by atoms with E-state index < -0.39 is 0 Å². The second kappa shape index (κ2) is 8.98. The van der Waals surface area contributed by atoms with Crippen molar-refractivity contribution in [3.05, 3.63) is 60.3 Å². The van der Waals surface area contributed by atoms with Crippen LogP contribution < -0.4 is 4.90 Å². The van der Waals surface area contributed by atoms with E-state index in [-0.39, 0.29) is 0 Å². The molecule has 2 rings (SSSR count). The van der Waals surface area contributed by atoms with Crippen LogP contribution in [0.1, 0.15) is 24.8 Å². The first-order valence-electron chi connectivity index (χ1n) is 7.33. The third-order valence-corrected chi connectivity index (χ3v) is 5.16. The molecule has 1 aromatic rings. The van der Waals surface area contributed by atoms with Crippen molar-refractivity contribution in [1.82, 2.24) is 0 Å². The van der Waals surface area contributed by atoms with E-state index in [9.17, 15) is 0 Å². The lowest BCUT2D eigenvalue weighted by Crippen LogP contribution is -2.21. The van der Waals surface area contributed by atoms with Crippen LogP contribution in [0.4, 0.5) is 5.69 Å². The lowest BCUT2D eigenvalue weighted by Gasteiger charge is -2.28. The molecule has 0 saturated carbocycles. The average molecular weight is 505 g/mol. The topological polar surface area (TPSA) is 3.24 Å². The second-order valence-electron chi connectivity index (χ2n) is 5.00. The average Bonchev–Trinajstić information content (AvgIpc) is 2.54. The Kier molecular flexibility index (Phi) is 7.29. The molecular formula is C18H21I2N. The number of fused-ring (bicyclic) bond motifs is 1. The van der Waals surface area contributed by atoms with Gasteiger partial charge in [-0.25, -0.2) is 0 Å². The molecule has 112 valence electrons. The summed E-state index contributed by atoms with van der Waals surface area (Å²) in [6.45, 7) is 5.11. The van der Waals surface area contributed by atoms with Crippen molar-refractivity contribution in [3.63, 3.8) is 0 Å². The lowest BCUT2D eigenvalue weighted by molar-refractivity contribution is 0.891. The Hall–Kier alpha value is -0.300. The molecule has 1 aliphatic heterocycles. The van der Waals surface area contributed by atoms with E-state index in [2.05, 4.69) is 93.2 Å². The number of benzene rings is 1. The highest BCUT2D eigenvalue weighted by Gasteiger charge is 2.17. The third-order valence-electron chi connectivity index (χ3n) is 3.63. The monoisotopic (exact) mass is 505 g/mol. The molecule has 0 atom stereocenters. The van der Waals surface area contributed by atoms with Gasteiger partial charge in [-0.3, -0.25) is 0 Å². The normalized spacial score (nSPS) is 15.8. The van der Waals surface area contributed by atoms with Crippen LogP contribution in [0.5, 0.6) is 0 Å². The van der Waals surface area contributed by atoms with Gasteiger partial charge in [0.25, 0.3) is 0 Å². The van der Waals surface area contributed by atoms with Crippen LogP contribution in [-0.2, 0) is 0 Å². The van der Waals surface area contributed by atoms with Gasteiger partial charge in [-0.2, -0.15) is 0 Å². The van der Waals surface area contributed by atoms with Crippen molar-refractivity contribution in [3.8, 4) is 0 Å². The van der Waals surface area contributed by atoms with E-state index in [0.717, 1.165) is 13.0 Å². The largest absolute Gasteiger partial charge is 0.347 e. The third kappa shape index (κ3) is 4.34. The molecule has 0 radical (unpaired) electrons. The van der Waals surface area contributed by atoms with Gasteiger partial charge >= 0.3 is 0 Å². The van der Waals surface area contributed by atoms with Gasteiger partial charge in [0.15, 0.2) is 0 Å². The summed E-state index contributed by atoms with van der Waals surface area (Å²) in [5.41, 5.74) is 5.38. The van der Waals surface area contributed by atoms with Gasteiger partial charge in [0.2, 0.25) is 0 Å². The second-order valence-corrected chi connectivity index (χ2v) is 7.16. The summed E-state index contributed by atoms with van der Waals surface area (Å²) in [6.07, 6.45) is 10.1. The van der Waals surface area contributed by atoms with Crippen molar-refractivity contribution < 1.29 is 0 Å². The summed E-state index contributed by atoms with van der Waals surface area (Å²) in [7, 11) is 0. The number of hydrogen-bond donors (Lipinski definition) is 0. The van der Waals surface area contributed by atoms with Crippen LogP contribution in [0.3, 0.4) is 0 Å². The number of alkyl halides is 2. The number of nitrogens with zero attached hydrogens (tertiary/aromatic N) is 1. The minimum atomic E-state index is 1.08. The van der Waals surface area contributed by atoms with Crippen LogP contribution in [0.25, 0.3) is 5.57 Å². The molecule has 0 bridgehead atoms. The maximum Gasteiger partial charge on any atom is 0.0485 e. The van der Waals surface area contributed by atoms with Crippen molar-refractivity contribution in [2.45, 2.75) is 19.3 Å². The molecule has 0 amide bonds. The molecule has 0 saturated heterocycles. The fourth-order valence-corrected chi connectivity index (χ4v) is 3.32. The highest BCUT2D eigenvalue weighted by Crippen LogP contribution is 2.36. The van der Waals surface area contributed by atoms with Gasteiger partial charge in [0, 0.05) is 28.4 Å². The molecule has 1 aliphatic rings. The quantitative estimate of drug-likeness (QED) is 0.325. The van der Waals surface area contributed by atoms with Crippen LogP contribution in [0.15, 0.2) is 54.8 Å². The summed E-state index contributed by atoms with van der Waals surface area (Å²) < 4.78 is 2.38. The van der Waals surface area contributed by atoms with E-state index >= 15 is 0 Å². The molecule has 0 aromatic heterocycles. The number of anilines is 1. The highest BCUT2D eigenvalue weighted by molar-refractivity contribution is 14.1. The minimum absolute atomic E-state index is 1.08. The zero-order valence-electron chi connectivity index (χ0n) is 12.2. The molecule has 1 heterocycles. The zero-order chi connectivity index (χ0) is 15.1. The Labute approximate surface area is 155 Å². The fraction of sp³-hybridized carbons (Fsp3) is 0.333. The maximum absolute atomic E-state index is 4.02. The summed E-state index contributed by atoms with van der Waals surface area (Å²) >= 11 is 4.89. The predicted octanol–water partition coefficient (Wildman–Crippen LogP) is 6.00. The minimum Gasteiger partial charge on any atom is -0.347 e. The predicted molar refractivity (Wildman–Crippen MR) is 112 cm³/mol. The van der Waals surface area contributed by atoms with E-state index in [1.807, 2.05) is 6.08 Å². The van der Waals surface area contributed by atoms with Crippen LogP contribution in [0, 0.1) is 0 Å². The summed E-state index contributed by atoms with van der Waals surface area (Å²) in [4.78, 5) is 2.37. The van der Waals surface area contributed by atoms with E-state index in [1.54, 1.807) is 0 Å². The Balaban J connectivity index is 2.38. The van der Waals surface area contributed by atoms with Crippen molar-refractivity contribution in [2.75, 3.05) is 20.3 Å². The van der Waals surface area contributed by atoms with E-state index in [0.29, 0.717) is 0 Å². The SMILES string of the molecule is C=CC(CCCI)=C1C=CN(CCCI)c2ccccc21. The Morgan fingerprint density at radius 2 is 1.90 bits per heavy atom. The van der Waals surface area contributed by atoms with E-state index in [1.165, 1.54) is 44.1 Å². The number of rotatable bonds is 7. The molecule has 1 aromatic carbocycles. The molecule has 3 heteroatoms. The Morgan fingerprint density at radius 1 is 1.14 bits per heavy atom. The maximum atomic E-state index is 4.02. The smallest absolute Gasteiger partial charge is 0.0485 e. The number of allylic oxidation sites excluding steroid dienone is 4. The summed E-state index contributed by atoms with van der Waals surface area (Å²) in [6, 6.07) is 8.72. The van der Waals surface area contributed by atoms with Gasteiger partial charge in [0.05, 0.1) is 0 Å². The van der Waals surface area contributed by atoms with Gasteiger partial charge < -0.3 is 4.90 Å². The molecular weight excluding hydrogens is 484 g/mol. The first-order chi connectivity index (χ1) is 10.3. The van der Waals surface area contributed by atoms with Crippen LogP contribution in [0.2, 0.25) is 0 Å². The summed E-state index contributed by atoms with van der Waals surface area (Å²) in [5.74, 6) is 0. The number of hydrogen-bond acceptors (Lipinski definition) is 1. The Morgan fingerprint density at radius 3 is 2.62 bits per heavy atom. The number of para-hydroxylation sites is 1. The van der Waals surface area contributed by atoms with E-state index in [4.69, 9.17) is 0 Å². The molecule has 1 nitrogen and oxygen atoms in total. The van der Waals surface area contributed by atoms with Crippen molar-refractivity contribution in [1.29, 1.82) is 0 Å². The molecule has 0 spiro atoms. The Bertz CT molecular complexity index is 546. The molecule has 0 aliphatic carbocycles. The first-order valence-corrected chi connectivity index (χ1v) is 10.4. The van der Waals surface area contributed by atoms with Gasteiger partial charge in [-0.1, -0.05) is 76.0 Å². The summed E-state index contributed by atoms with van der Waals surface area (Å²) in [5, 5.41) is 0. The molecule has 0 fully saturated rings. The highest BCUT2D eigenvalue weighted by atomic mass is 127. The van der Waals surface area contributed by atoms with Crippen molar-refractivity contribution >= 4 is 56.4 Å². The van der Waals surface area contributed by atoms with Crippen LogP contribution >= 0.6 is 45.2 Å². The van der Waals surface area contributed by atoms with Gasteiger partial charge in [0.1, 0.15) is 0 Å². The number of halogens is 2. The lowest BCUT2D eigenvalue weighted by atomic mass is 9.93. The van der Waals surface area contributed by atoms with Crippen molar-refractivity contribution in [2.24, 2.45) is 0 Å². The molecule has 0 N–H and O–H groups in total.